The molecular formula is C23H29Cl2N3O4S. The topological polar surface area (TPSA) is 86.8 Å². The summed E-state index contributed by atoms with van der Waals surface area (Å²) in [5.74, 6) is -0.855. The molecule has 2 aromatic rings. The first-order valence-corrected chi connectivity index (χ1v) is 13.0. The van der Waals surface area contributed by atoms with Gasteiger partial charge in [0.25, 0.3) is 0 Å². The molecule has 0 aromatic heterocycles. The average molecular weight is 514 g/mol. The third-order valence-electron chi connectivity index (χ3n) is 5.28. The number of likely N-dealkylation sites (N-methyl/N-ethyl adjacent to an activating group) is 1. The maximum atomic E-state index is 13.5. The number of carbonyl (C=O) groups is 2. The molecule has 1 atom stereocenters. The largest absolute Gasteiger partial charge is 0.357 e. The highest BCUT2D eigenvalue weighted by Gasteiger charge is 2.31. The standard InChI is InChI=1S/C23H29Cl2N3O4S/c1-6-20(23(30)26-4)27(13-17-9-10-18(24)19(25)12-17)22(29)14-28(33(5,31)32)21-11-15(2)7-8-16(21)3/h7-12,20H,6,13-14H2,1-5H3,(H,26,30)/t20-/m0/s1. The zero-order valence-electron chi connectivity index (χ0n) is 19.4. The molecule has 0 unspecified atom stereocenters. The quantitative estimate of drug-likeness (QED) is 0.550. The minimum absolute atomic E-state index is 0.0616. The van der Waals surface area contributed by atoms with E-state index in [1.165, 1.54) is 11.9 Å². The fourth-order valence-corrected chi connectivity index (χ4v) is 4.72. The number of aryl methyl sites for hydroxylation is 2. The van der Waals surface area contributed by atoms with Crippen molar-refractivity contribution in [1.29, 1.82) is 0 Å². The minimum Gasteiger partial charge on any atom is -0.357 e. The molecule has 0 saturated carbocycles. The van der Waals surface area contributed by atoms with Gasteiger partial charge >= 0.3 is 0 Å². The van der Waals surface area contributed by atoms with Crippen LogP contribution in [-0.2, 0) is 26.2 Å². The highest BCUT2D eigenvalue weighted by atomic mass is 35.5. The number of halogens is 2. The SMILES string of the molecule is CC[C@@H](C(=O)NC)N(Cc1ccc(Cl)c(Cl)c1)C(=O)CN(c1cc(C)ccc1C)S(C)(=O)=O. The molecule has 0 bridgehead atoms. The van der Waals surface area contributed by atoms with Crippen LogP contribution in [0.15, 0.2) is 36.4 Å². The number of anilines is 1. The third-order valence-corrected chi connectivity index (χ3v) is 7.15. The summed E-state index contributed by atoms with van der Waals surface area (Å²) in [4.78, 5) is 27.5. The van der Waals surface area contributed by atoms with Crippen LogP contribution in [0.1, 0.15) is 30.0 Å². The van der Waals surface area contributed by atoms with Crippen LogP contribution in [0.2, 0.25) is 10.0 Å². The first kappa shape index (κ1) is 27.0. The zero-order chi connectivity index (χ0) is 24.9. The number of benzene rings is 2. The molecule has 180 valence electrons. The fourth-order valence-electron chi connectivity index (χ4n) is 3.50. The van der Waals surface area contributed by atoms with Crippen molar-refractivity contribution in [2.24, 2.45) is 0 Å². The normalized spacial score (nSPS) is 12.2. The predicted octanol–water partition coefficient (Wildman–Crippen LogP) is 3.93. The molecule has 0 aliphatic rings. The van der Waals surface area contributed by atoms with E-state index in [9.17, 15) is 18.0 Å². The smallest absolute Gasteiger partial charge is 0.244 e. The monoisotopic (exact) mass is 513 g/mol. The van der Waals surface area contributed by atoms with Crippen molar-refractivity contribution >= 4 is 50.7 Å². The predicted molar refractivity (Wildman–Crippen MR) is 133 cm³/mol. The van der Waals surface area contributed by atoms with E-state index in [-0.39, 0.29) is 12.5 Å². The second-order valence-corrected chi connectivity index (χ2v) is 10.6. The Hall–Kier alpha value is -2.29. The van der Waals surface area contributed by atoms with Gasteiger partial charge < -0.3 is 10.2 Å². The summed E-state index contributed by atoms with van der Waals surface area (Å²) in [7, 11) is -2.29. The number of rotatable bonds is 9. The summed E-state index contributed by atoms with van der Waals surface area (Å²) in [5.41, 5.74) is 2.67. The van der Waals surface area contributed by atoms with Crippen LogP contribution in [0.3, 0.4) is 0 Å². The van der Waals surface area contributed by atoms with Gasteiger partial charge in [0, 0.05) is 13.6 Å². The highest BCUT2D eigenvalue weighted by Crippen LogP contribution is 2.26. The molecule has 0 spiro atoms. The van der Waals surface area contributed by atoms with Crippen molar-refractivity contribution in [1.82, 2.24) is 10.2 Å². The van der Waals surface area contributed by atoms with Crippen molar-refractivity contribution < 1.29 is 18.0 Å². The van der Waals surface area contributed by atoms with E-state index >= 15 is 0 Å². The Morgan fingerprint density at radius 1 is 1.06 bits per heavy atom. The molecular weight excluding hydrogens is 485 g/mol. The van der Waals surface area contributed by atoms with Gasteiger partial charge in [-0.15, -0.1) is 0 Å². The van der Waals surface area contributed by atoms with E-state index < -0.39 is 28.5 Å². The van der Waals surface area contributed by atoms with Gasteiger partial charge in [0.1, 0.15) is 12.6 Å². The number of sulfonamides is 1. The van der Waals surface area contributed by atoms with Crippen LogP contribution in [0.25, 0.3) is 0 Å². The maximum absolute atomic E-state index is 13.5. The lowest BCUT2D eigenvalue weighted by Crippen LogP contribution is -2.51. The summed E-state index contributed by atoms with van der Waals surface area (Å²) in [5, 5.41) is 3.27. The van der Waals surface area contributed by atoms with Gasteiger partial charge in [-0.1, -0.05) is 48.3 Å². The average Bonchev–Trinajstić information content (AvgIpc) is 2.75. The number of amides is 2. The van der Waals surface area contributed by atoms with Crippen LogP contribution >= 0.6 is 23.2 Å². The number of nitrogens with zero attached hydrogens (tertiary/aromatic N) is 2. The second kappa shape index (κ2) is 11.2. The molecule has 33 heavy (non-hydrogen) atoms. The number of nitrogens with one attached hydrogen (secondary N) is 1. The van der Waals surface area contributed by atoms with Crippen molar-refractivity contribution in [2.75, 3.05) is 24.2 Å². The summed E-state index contributed by atoms with van der Waals surface area (Å²) in [6, 6.07) is 9.56. The number of carbonyl (C=O) groups excluding carboxylic acids is 2. The van der Waals surface area contributed by atoms with Gasteiger partial charge in [0.2, 0.25) is 21.8 Å². The maximum Gasteiger partial charge on any atom is 0.244 e. The summed E-state index contributed by atoms with van der Waals surface area (Å²) >= 11 is 12.1. The molecule has 2 amide bonds. The third kappa shape index (κ3) is 6.85. The van der Waals surface area contributed by atoms with Gasteiger partial charge in [-0.25, -0.2) is 8.42 Å². The Morgan fingerprint density at radius 2 is 1.73 bits per heavy atom. The fraction of sp³-hybridized carbons (Fsp3) is 0.391. The Balaban J connectivity index is 2.49. The van der Waals surface area contributed by atoms with Crippen molar-refractivity contribution in [3.05, 3.63) is 63.1 Å². The van der Waals surface area contributed by atoms with Crippen molar-refractivity contribution in [2.45, 2.75) is 39.8 Å². The summed E-state index contributed by atoms with van der Waals surface area (Å²) in [6.45, 7) is 5.03. The molecule has 1 N–H and O–H groups in total. The summed E-state index contributed by atoms with van der Waals surface area (Å²) < 4.78 is 26.4. The molecule has 0 heterocycles. The van der Waals surface area contributed by atoms with E-state index in [1.54, 1.807) is 44.2 Å². The summed E-state index contributed by atoms with van der Waals surface area (Å²) in [6.07, 6.45) is 1.40. The first-order chi connectivity index (χ1) is 15.4. The Labute approximate surface area is 205 Å². The van der Waals surface area contributed by atoms with Crippen LogP contribution in [0.5, 0.6) is 0 Å². The van der Waals surface area contributed by atoms with E-state index in [2.05, 4.69) is 5.32 Å². The minimum atomic E-state index is -3.78. The van der Waals surface area contributed by atoms with Crippen LogP contribution in [0, 0.1) is 13.8 Å². The van der Waals surface area contributed by atoms with Crippen LogP contribution < -0.4 is 9.62 Å². The van der Waals surface area contributed by atoms with Gasteiger partial charge in [-0.2, -0.15) is 0 Å². The number of hydrogen-bond acceptors (Lipinski definition) is 4. The molecule has 0 fully saturated rings. The Bertz CT molecular complexity index is 1140. The molecule has 10 heteroatoms. The lowest BCUT2D eigenvalue weighted by Gasteiger charge is -2.33. The van der Waals surface area contributed by atoms with Gasteiger partial charge in [-0.3, -0.25) is 13.9 Å². The lowest BCUT2D eigenvalue weighted by atomic mass is 10.1. The second-order valence-electron chi connectivity index (χ2n) is 7.87. The molecule has 0 saturated heterocycles. The number of hydrogen-bond donors (Lipinski definition) is 1. The van der Waals surface area contributed by atoms with Gasteiger partial charge in [0.05, 0.1) is 22.0 Å². The Morgan fingerprint density at radius 3 is 2.27 bits per heavy atom. The Kier molecular flexibility index (Phi) is 9.17. The lowest BCUT2D eigenvalue weighted by molar-refractivity contribution is -0.140. The molecule has 0 aliphatic carbocycles. The van der Waals surface area contributed by atoms with Crippen molar-refractivity contribution in [3.8, 4) is 0 Å². The molecule has 0 radical (unpaired) electrons. The van der Waals surface area contributed by atoms with Crippen LogP contribution in [-0.4, -0.2) is 51.0 Å². The van der Waals surface area contributed by atoms with E-state index in [1.807, 2.05) is 13.0 Å². The molecule has 2 rings (SSSR count). The van der Waals surface area contributed by atoms with E-state index in [0.717, 1.165) is 16.1 Å². The highest BCUT2D eigenvalue weighted by molar-refractivity contribution is 7.92. The molecule has 2 aromatic carbocycles. The van der Waals surface area contributed by atoms with Gasteiger partial charge in [0.15, 0.2) is 0 Å². The van der Waals surface area contributed by atoms with E-state index in [4.69, 9.17) is 23.2 Å². The molecule has 7 nitrogen and oxygen atoms in total. The van der Waals surface area contributed by atoms with E-state index in [0.29, 0.717) is 33.3 Å². The van der Waals surface area contributed by atoms with Gasteiger partial charge in [-0.05, 0) is 55.2 Å². The zero-order valence-corrected chi connectivity index (χ0v) is 21.7. The van der Waals surface area contributed by atoms with Crippen molar-refractivity contribution in [3.63, 3.8) is 0 Å². The molecule has 0 aliphatic heterocycles. The first-order valence-electron chi connectivity index (χ1n) is 10.4. The van der Waals surface area contributed by atoms with Crippen LogP contribution in [0.4, 0.5) is 5.69 Å².